The molecular weight excluding hydrogens is 232 g/mol. The molecule has 1 aliphatic heterocycles. The highest BCUT2D eigenvalue weighted by atomic mass is 16.4. The Morgan fingerprint density at radius 3 is 2.78 bits per heavy atom. The number of carbonyl (C=O) groups excluding carboxylic acids is 1. The largest absolute Gasteiger partial charge is 0.480 e. The van der Waals surface area contributed by atoms with Crippen molar-refractivity contribution < 1.29 is 14.7 Å². The van der Waals surface area contributed by atoms with Gasteiger partial charge < -0.3 is 10.8 Å². The van der Waals surface area contributed by atoms with Crippen LogP contribution >= 0.6 is 0 Å². The van der Waals surface area contributed by atoms with E-state index in [1.165, 1.54) is 4.90 Å². The minimum atomic E-state index is -0.997. The van der Waals surface area contributed by atoms with Crippen LogP contribution < -0.4 is 10.6 Å². The molecule has 1 aliphatic rings. The van der Waals surface area contributed by atoms with Gasteiger partial charge in [0.15, 0.2) is 0 Å². The Balaban J connectivity index is 2.40. The molecule has 3 N–H and O–H groups in total. The number of anilines is 1. The molecule has 1 aromatic carbocycles. The molecule has 1 amide bonds. The second-order valence-electron chi connectivity index (χ2n) is 4.41. The maximum atomic E-state index is 12.2. The van der Waals surface area contributed by atoms with Crippen molar-refractivity contribution in [1.29, 1.82) is 0 Å². The number of amides is 1. The molecule has 0 fully saturated rings. The Kier molecular flexibility index (Phi) is 3.34. The van der Waals surface area contributed by atoms with Crippen LogP contribution in [0.15, 0.2) is 24.3 Å². The lowest BCUT2D eigenvalue weighted by Crippen LogP contribution is -2.49. The molecule has 0 aromatic heterocycles. The first-order chi connectivity index (χ1) is 8.56. The topological polar surface area (TPSA) is 83.6 Å². The summed E-state index contributed by atoms with van der Waals surface area (Å²) in [5, 5.41) is 9.22. The van der Waals surface area contributed by atoms with Crippen LogP contribution in [0.5, 0.6) is 0 Å². The zero-order valence-electron chi connectivity index (χ0n) is 10.2. The van der Waals surface area contributed by atoms with Crippen molar-refractivity contribution in [2.75, 3.05) is 4.90 Å². The SMILES string of the molecule is CC[C@@H](N)C(=O)N1c2ccccc2C[C@H]1C(=O)O. The number of nitrogens with zero attached hydrogens (tertiary/aromatic N) is 1. The maximum absolute atomic E-state index is 12.2. The van der Waals surface area contributed by atoms with Crippen LogP contribution in [0, 0.1) is 0 Å². The van der Waals surface area contributed by atoms with Gasteiger partial charge in [-0.1, -0.05) is 25.1 Å². The molecular formula is C13H16N2O3. The van der Waals surface area contributed by atoms with Gasteiger partial charge in [-0.3, -0.25) is 9.69 Å². The molecule has 2 rings (SSSR count). The van der Waals surface area contributed by atoms with Crippen molar-refractivity contribution in [2.24, 2.45) is 5.73 Å². The molecule has 0 saturated carbocycles. The first-order valence-corrected chi connectivity index (χ1v) is 5.95. The molecule has 0 unspecified atom stereocenters. The minimum absolute atomic E-state index is 0.324. The molecule has 5 heteroatoms. The predicted octanol–water partition coefficient (Wildman–Crippen LogP) is 0.766. The molecule has 18 heavy (non-hydrogen) atoms. The summed E-state index contributed by atoms with van der Waals surface area (Å²) in [6.45, 7) is 1.81. The third kappa shape index (κ3) is 1.97. The van der Waals surface area contributed by atoms with E-state index in [4.69, 9.17) is 5.73 Å². The molecule has 5 nitrogen and oxygen atoms in total. The van der Waals surface area contributed by atoms with Crippen molar-refractivity contribution in [2.45, 2.75) is 31.8 Å². The second kappa shape index (κ2) is 4.78. The highest BCUT2D eigenvalue weighted by Gasteiger charge is 2.39. The second-order valence-corrected chi connectivity index (χ2v) is 4.41. The zero-order chi connectivity index (χ0) is 13.3. The fourth-order valence-electron chi connectivity index (χ4n) is 2.21. The highest BCUT2D eigenvalue weighted by Crippen LogP contribution is 2.32. The predicted molar refractivity (Wildman–Crippen MR) is 67.3 cm³/mol. The molecule has 2 atom stereocenters. The van der Waals surface area contributed by atoms with E-state index in [-0.39, 0.29) is 5.91 Å². The molecule has 0 saturated heterocycles. The highest BCUT2D eigenvalue weighted by molar-refractivity contribution is 6.04. The Morgan fingerprint density at radius 1 is 1.50 bits per heavy atom. The number of hydrogen-bond donors (Lipinski definition) is 2. The van der Waals surface area contributed by atoms with Crippen molar-refractivity contribution in [3.05, 3.63) is 29.8 Å². The lowest BCUT2D eigenvalue weighted by atomic mass is 10.1. The van der Waals surface area contributed by atoms with Crippen LogP contribution in [0.25, 0.3) is 0 Å². The Bertz CT molecular complexity index is 487. The molecule has 1 aromatic rings. The van der Waals surface area contributed by atoms with Gasteiger partial charge in [0, 0.05) is 12.1 Å². The molecule has 0 aliphatic carbocycles. The average Bonchev–Trinajstić information content (AvgIpc) is 2.76. The van der Waals surface area contributed by atoms with E-state index in [9.17, 15) is 14.7 Å². The summed E-state index contributed by atoms with van der Waals surface area (Å²) in [5.41, 5.74) is 7.27. The number of carbonyl (C=O) groups is 2. The van der Waals surface area contributed by atoms with Crippen molar-refractivity contribution in [3.8, 4) is 0 Å². The third-order valence-corrected chi connectivity index (χ3v) is 3.26. The van der Waals surface area contributed by atoms with E-state index in [0.29, 0.717) is 18.5 Å². The van der Waals surface area contributed by atoms with E-state index < -0.39 is 18.1 Å². The summed E-state index contributed by atoms with van der Waals surface area (Å²) in [6, 6.07) is 5.74. The molecule has 0 radical (unpaired) electrons. The van der Waals surface area contributed by atoms with Gasteiger partial charge in [-0.15, -0.1) is 0 Å². The summed E-state index contributed by atoms with van der Waals surface area (Å²) in [6.07, 6.45) is 0.831. The number of hydrogen-bond acceptors (Lipinski definition) is 3. The number of carboxylic acids is 1. The maximum Gasteiger partial charge on any atom is 0.327 e. The molecule has 1 heterocycles. The fraction of sp³-hybridized carbons (Fsp3) is 0.385. The van der Waals surface area contributed by atoms with Gasteiger partial charge in [-0.05, 0) is 18.1 Å². The lowest BCUT2D eigenvalue weighted by molar-refractivity contribution is -0.140. The van der Waals surface area contributed by atoms with Crippen molar-refractivity contribution in [1.82, 2.24) is 0 Å². The Morgan fingerprint density at radius 2 is 2.17 bits per heavy atom. The van der Waals surface area contributed by atoms with Crippen LogP contribution in [-0.4, -0.2) is 29.1 Å². The number of carboxylic acid groups (broad SMARTS) is 1. The van der Waals surface area contributed by atoms with Gasteiger partial charge in [-0.2, -0.15) is 0 Å². The fourth-order valence-corrected chi connectivity index (χ4v) is 2.21. The van der Waals surface area contributed by atoms with Crippen molar-refractivity contribution >= 4 is 17.6 Å². The Hall–Kier alpha value is -1.88. The van der Waals surface area contributed by atoms with Gasteiger partial charge in [0.1, 0.15) is 6.04 Å². The Labute approximate surface area is 105 Å². The van der Waals surface area contributed by atoms with Gasteiger partial charge in [0.05, 0.1) is 6.04 Å². The summed E-state index contributed by atoms with van der Waals surface area (Å²) in [4.78, 5) is 24.8. The lowest BCUT2D eigenvalue weighted by Gasteiger charge is -2.25. The third-order valence-electron chi connectivity index (χ3n) is 3.26. The van der Waals surface area contributed by atoms with Gasteiger partial charge >= 0.3 is 5.97 Å². The summed E-state index contributed by atoms with van der Waals surface area (Å²) in [7, 11) is 0. The van der Waals surface area contributed by atoms with E-state index in [1.807, 2.05) is 12.1 Å². The van der Waals surface area contributed by atoms with E-state index in [1.54, 1.807) is 19.1 Å². The van der Waals surface area contributed by atoms with Crippen molar-refractivity contribution in [3.63, 3.8) is 0 Å². The standard InChI is InChI=1S/C13H16N2O3/c1-2-9(14)12(16)15-10-6-4-3-5-8(10)7-11(15)13(17)18/h3-6,9,11H,2,7,14H2,1H3,(H,17,18)/t9-,11+/m1/s1. The van der Waals surface area contributed by atoms with Gasteiger partial charge in [0.25, 0.3) is 0 Å². The first kappa shape index (κ1) is 12.6. The normalized spacial score (nSPS) is 19.4. The minimum Gasteiger partial charge on any atom is -0.480 e. The summed E-state index contributed by atoms with van der Waals surface area (Å²) >= 11 is 0. The van der Waals surface area contributed by atoms with Crippen LogP contribution in [0.4, 0.5) is 5.69 Å². The van der Waals surface area contributed by atoms with E-state index in [0.717, 1.165) is 5.56 Å². The van der Waals surface area contributed by atoms with E-state index in [2.05, 4.69) is 0 Å². The summed E-state index contributed by atoms with van der Waals surface area (Å²) in [5.74, 6) is -1.32. The van der Waals surface area contributed by atoms with Gasteiger partial charge in [-0.25, -0.2) is 4.79 Å². The van der Waals surface area contributed by atoms with Crippen LogP contribution in [0.3, 0.4) is 0 Å². The monoisotopic (exact) mass is 248 g/mol. The number of para-hydroxylation sites is 1. The molecule has 0 spiro atoms. The number of benzene rings is 1. The molecule has 0 bridgehead atoms. The zero-order valence-corrected chi connectivity index (χ0v) is 10.2. The average molecular weight is 248 g/mol. The number of aliphatic carboxylic acids is 1. The first-order valence-electron chi connectivity index (χ1n) is 5.95. The quantitative estimate of drug-likeness (QED) is 0.827. The number of rotatable bonds is 3. The van der Waals surface area contributed by atoms with E-state index >= 15 is 0 Å². The van der Waals surface area contributed by atoms with Crippen LogP contribution in [0.1, 0.15) is 18.9 Å². The van der Waals surface area contributed by atoms with Gasteiger partial charge in [0.2, 0.25) is 5.91 Å². The number of nitrogens with two attached hydrogens (primary N) is 1. The van der Waals surface area contributed by atoms with Crippen LogP contribution in [-0.2, 0) is 16.0 Å². The summed E-state index contributed by atoms with van der Waals surface area (Å²) < 4.78 is 0. The van der Waals surface area contributed by atoms with Crippen LogP contribution in [0.2, 0.25) is 0 Å². The smallest absolute Gasteiger partial charge is 0.327 e. The number of fused-ring (bicyclic) bond motifs is 1. The molecule has 96 valence electrons.